The molecule has 0 aliphatic heterocycles. The van der Waals surface area contributed by atoms with Crippen LogP contribution in [0.4, 0.5) is 0 Å². The van der Waals surface area contributed by atoms with Crippen LogP contribution in [-0.4, -0.2) is 18.9 Å². The van der Waals surface area contributed by atoms with Gasteiger partial charge in [0.2, 0.25) is 0 Å². The number of nitrogens with two attached hydrogens (primary N) is 1. The zero-order valence-corrected chi connectivity index (χ0v) is 8.77. The van der Waals surface area contributed by atoms with Gasteiger partial charge >= 0.3 is 0 Å². The maximum atomic E-state index is 11.9. The Morgan fingerprint density at radius 3 is 2.40 bits per heavy atom. The third-order valence-electron chi connectivity index (χ3n) is 2.92. The summed E-state index contributed by atoms with van der Waals surface area (Å²) in [5.41, 5.74) is 6.42. The van der Waals surface area contributed by atoms with E-state index in [1.807, 2.05) is 24.3 Å². The molecule has 0 spiro atoms. The number of hydrogen-bond acceptors (Lipinski definition) is 3. The van der Waals surface area contributed by atoms with Gasteiger partial charge in [-0.1, -0.05) is 0 Å². The molecule has 1 aromatic carbocycles. The molecule has 15 heavy (non-hydrogen) atoms. The van der Waals surface area contributed by atoms with Gasteiger partial charge in [0, 0.05) is 17.5 Å². The molecule has 0 heterocycles. The molecule has 1 saturated carbocycles. The third kappa shape index (κ3) is 2.02. The molecule has 0 unspecified atom stereocenters. The fourth-order valence-corrected chi connectivity index (χ4v) is 1.87. The van der Waals surface area contributed by atoms with E-state index in [-0.39, 0.29) is 17.7 Å². The van der Waals surface area contributed by atoms with E-state index >= 15 is 0 Å². The lowest BCUT2D eigenvalue weighted by Crippen LogP contribution is -2.40. The SMILES string of the molecule is COc1ccc(C(=O)C2CC(N)C2)cc1. The third-order valence-corrected chi connectivity index (χ3v) is 2.92. The van der Waals surface area contributed by atoms with Crippen molar-refractivity contribution in [3.63, 3.8) is 0 Å². The van der Waals surface area contributed by atoms with Crippen LogP contribution in [0.2, 0.25) is 0 Å². The Bertz CT molecular complexity index is 352. The Morgan fingerprint density at radius 2 is 1.93 bits per heavy atom. The second kappa shape index (κ2) is 4.03. The highest BCUT2D eigenvalue weighted by Crippen LogP contribution is 2.29. The van der Waals surface area contributed by atoms with Crippen molar-refractivity contribution in [3.8, 4) is 5.75 Å². The predicted molar refractivity (Wildman–Crippen MR) is 58.0 cm³/mol. The highest BCUT2D eigenvalue weighted by molar-refractivity contribution is 5.98. The number of hydrogen-bond donors (Lipinski definition) is 1. The number of Topliss-reactive ketones (excluding diaryl/α,β-unsaturated/α-hetero) is 1. The van der Waals surface area contributed by atoms with E-state index in [1.54, 1.807) is 7.11 Å². The average molecular weight is 205 g/mol. The monoisotopic (exact) mass is 205 g/mol. The number of ketones is 1. The van der Waals surface area contributed by atoms with Crippen molar-refractivity contribution in [1.82, 2.24) is 0 Å². The maximum Gasteiger partial charge on any atom is 0.166 e. The molecule has 0 amide bonds. The van der Waals surface area contributed by atoms with E-state index in [9.17, 15) is 4.79 Å². The van der Waals surface area contributed by atoms with Crippen molar-refractivity contribution in [2.45, 2.75) is 18.9 Å². The fourth-order valence-electron chi connectivity index (χ4n) is 1.87. The van der Waals surface area contributed by atoms with Gasteiger partial charge in [-0.15, -0.1) is 0 Å². The number of benzene rings is 1. The molecular weight excluding hydrogens is 190 g/mol. The number of ether oxygens (including phenoxy) is 1. The van der Waals surface area contributed by atoms with Gasteiger partial charge in [-0.05, 0) is 37.1 Å². The number of rotatable bonds is 3. The lowest BCUT2D eigenvalue weighted by Gasteiger charge is -2.31. The van der Waals surface area contributed by atoms with Crippen LogP contribution in [0, 0.1) is 5.92 Å². The molecule has 1 aliphatic rings. The molecule has 1 fully saturated rings. The summed E-state index contributed by atoms with van der Waals surface area (Å²) in [6.45, 7) is 0. The van der Waals surface area contributed by atoms with Crippen LogP contribution in [0.25, 0.3) is 0 Å². The summed E-state index contributed by atoms with van der Waals surface area (Å²) in [6.07, 6.45) is 1.65. The van der Waals surface area contributed by atoms with Gasteiger partial charge in [0.1, 0.15) is 5.75 Å². The zero-order valence-electron chi connectivity index (χ0n) is 8.77. The van der Waals surface area contributed by atoms with Gasteiger partial charge < -0.3 is 10.5 Å². The van der Waals surface area contributed by atoms with Crippen LogP contribution >= 0.6 is 0 Å². The van der Waals surface area contributed by atoms with E-state index in [4.69, 9.17) is 10.5 Å². The summed E-state index contributed by atoms with van der Waals surface area (Å²) in [5.74, 6) is 1.12. The quantitative estimate of drug-likeness (QED) is 0.763. The van der Waals surface area contributed by atoms with Gasteiger partial charge in [0.25, 0.3) is 0 Å². The summed E-state index contributed by atoms with van der Waals surface area (Å²) in [5, 5.41) is 0. The molecule has 0 atom stereocenters. The zero-order chi connectivity index (χ0) is 10.8. The van der Waals surface area contributed by atoms with Crippen molar-refractivity contribution >= 4 is 5.78 Å². The van der Waals surface area contributed by atoms with Crippen molar-refractivity contribution in [2.24, 2.45) is 11.7 Å². The molecule has 80 valence electrons. The Hall–Kier alpha value is -1.35. The average Bonchev–Trinajstić information content (AvgIpc) is 2.24. The first-order valence-corrected chi connectivity index (χ1v) is 5.14. The summed E-state index contributed by atoms with van der Waals surface area (Å²) in [6, 6.07) is 7.46. The van der Waals surface area contributed by atoms with E-state index in [0.29, 0.717) is 0 Å². The fraction of sp³-hybridized carbons (Fsp3) is 0.417. The van der Waals surface area contributed by atoms with Gasteiger partial charge in [-0.3, -0.25) is 4.79 Å². The minimum Gasteiger partial charge on any atom is -0.497 e. The van der Waals surface area contributed by atoms with Crippen molar-refractivity contribution in [1.29, 1.82) is 0 Å². The predicted octanol–water partition coefficient (Wildman–Crippen LogP) is 1.62. The number of carbonyl (C=O) groups excluding carboxylic acids is 1. The molecule has 0 saturated heterocycles. The second-order valence-corrected chi connectivity index (χ2v) is 4.02. The van der Waals surface area contributed by atoms with Crippen molar-refractivity contribution in [3.05, 3.63) is 29.8 Å². The standard InChI is InChI=1S/C12H15NO2/c1-15-11-4-2-8(3-5-11)12(14)9-6-10(13)7-9/h2-5,9-10H,6-7,13H2,1H3. The molecule has 1 aromatic rings. The molecule has 0 radical (unpaired) electrons. The first-order chi connectivity index (χ1) is 7.20. The number of methoxy groups -OCH3 is 1. The lowest BCUT2D eigenvalue weighted by atomic mass is 9.76. The molecule has 0 aromatic heterocycles. The highest BCUT2D eigenvalue weighted by Gasteiger charge is 2.32. The Kier molecular flexibility index (Phi) is 2.73. The minimum atomic E-state index is 0.133. The summed E-state index contributed by atoms with van der Waals surface area (Å²) in [4.78, 5) is 11.9. The smallest absolute Gasteiger partial charge is 0.166 e. The van der Waals surface area contributed by atoms with Crippen LogP contribution in [0.1, 0.15) is 23.2 Å². The molecule has 2 N–H and O–H groups in total. The molecule has 1 aliphatic carbocycles. The summed E-state index contributed by atoms with van der Waals surface area (Å²) < 4.78 is 5.04. The molecular formula is C12H15NO2. The molecule has 3 nitrogen and oxygen atoms in total. The van der Waals surface area contributed by atoms with Crippen LogP contribution in [0.15, 0.2) is 24.3 Å². The van der Waals surface area contributed by atoms with Crippen LogP contribution in [-0.2, 0) is 0 Å². The van der Waals surface area contributed by atoms with E-state index in [1.165, 1.54) is 0 Å². The van der Waals surface area contributed by atoms with Crippen molar-refractivity contribution in [2.75, 3.05) is 7.11 Å². The maximum absolute atomic E-state index is 11.9. The van der Waals surface area contributed by atoms with E-state index < -0.39 is 0 Å². The van der Waals surface area contributed by atoms with Crippen LogP contribution in [0.3, 0.4) is 0 Å². The van der Waals surface area contributed by atoms with Crippen LogP contribution in [0.5, 0.6) is 5.75 Å². The first kappa shape index (κ1) is 10.2. The first-order valence-electron chi connectivity index (χ1n) is 5.14. The van der Waals surface area contributed by atoms with Gasteiger partial charge in [0.05, 0.1) is 7.11 Å². The highest BCUT2D eigenvalue weighted by atomic mass is 16.5. The Labute approximate surface area is 89.2 Å². The Balaban J connectivity index is 2.06. The largest absolute Gasteiger partial charge is 0.497 e. The summed E-state index contributed by atoms with van der Waals surface area (Å²) >= 11 is 0. The molecule has 0 bridgehead atoms. The second-order valence-electron chi connectivity index (χ2n) is 4.02. The Morgan fingerprint density at radius 1 is 1.33 bits per heavy atom. The number of carbonyl (C=O) groups is 1. The normalized spacial score (nSPS) is 24.4. The molecule has 3 heteroatoms. The van der Waals surface area contributed by atoms with Gasteiger partial charge in [0.15, 0.2) is 5.78 Å². The minimum absolute atomic E-state index is 0.133. The topological polar surface area (TPSA) is 52.3 Å². The summed E-state index contributed by atoms with van der Waals surface area (Å²) in [7, 11) is 1.61. The molecule has 2 rings (SSSR count). The van der Waals surface area contributed by atoms with Crippen molar-refractivity contribution < 1.29 is 9.53 Å². The van der Waals surface area contributed by atoms with Crippen LogP contribution < -0.4 is 10.5 Å². The van der Waals surface area contributed by atoms with E-state index in [0.717, 1.165) is 24.2 Å². The van der Waals surface area contributed by atoms with Gasteiger partial charge in [-0.25, -0.2) is 0 Å². The lowest BCUT2D eigenvalue weighted by molar-refractivity contribution is 0.0832. The van der Waals surface area contributed by atoms with Gasteiger partial charge in [-0.2, -0.15) is 0 Å². The van der Waals surface area contributed by atoms with E-state index in [2.05, 4.69) is 0 Å².